The monoisotopic (exact) mass is 331 g/mol. The summed E-state index contributed by atoms with van der Waals surface area (Å²) >= 11 is 3.45. The molecule has 1 aliphatic carbocycles. The van der Waals surface area contributed by atoms with Gasteiger partial charge in [-0.15, -0.1) is 0 Å². The van der Waals surface area contributed by atoms with Crippen LogP contribution in [-0.4, -0.2) is 11.2 Å². The highest BCUT2D eigenvalue weighted by molar-refractivity contribution is 9.10. The van der Waals surface area contributed by atoms with E-state index in [4.69, 9.17) is 0 Å². The number of benzene rings is 2. The normalized spacial score (nSPS) is 17.1. The number of hydrogen-bond donors (Lipinski definition) is 1. The molecule has 1 N–H and O–H groups in total. The summed E-state index contributed by atoms with van der Waals surface area (Å²) in [6.45, 7) is 0. The van der Waals surface area contributed by atoms with Gasteiger partial charge in [0.25, 0.3) is 0 Å². The molecular formula is C16H14BrNO2. The molecule has 102 valence electrons. The average molecular weight is 332 g/mol. The van der Waals surface area contributed by atoms with Gasteiger partial charge < -0.3 is 5.11 Å². The summed E-state index contributed by atoms with van der Waals surface area (Å²) in [6, 6.07) is 9.59. The summed E-state index contributed by atoms with van der Waals surface area (Å²) in [6.07, 6.45) is 5.29. The Balaban J connectivity index is 2.24. The summed E-state index contributed by atoms with van der Waals surface area (Å²) in [7, 11) is 0. The molecule has 0 heterocycles. The maximum atomic E-state index is 10.8. The maximum absolute atomic E-state index is 10.8. The van der Waals surface area contributed by atoms with Crippen LogP contribution in [0.4, 0.5) is 0 Å². The Kier molecular flexibility index (Phi) is 3.36. The van der Waals surface area contributed by atoms with Crippen LogP contribution in [0.1, 0.15) is 31.2 Å². The molecule has 1 aliphatic rings. The molecule has 1 fully saturated rings. The quantitative estimate of drug-likeness (QED) is 0.654. The molecule has 4 heteroatoms. The number of fused-ring (bicyclic) bond motifs is 1. The first-order valence-electron chi connectivity index (χ1n) is 6.66. The lowest BCUT2D eigenvalue weighted by Crippen LogP contribution is -2.19. The summed E-state index contributed by atoms with van der Waals surface area (Å²) < 4.78 is 0.987. The molecule has 0 aromatic heterocycles. The number of aliphatic imine (C=N–C) groups is 1. The van der Waals surface area contributed by atoms with Gasteiger partial charge in [0.05, 0.1) is 0 Å². The highest BCUT2D eigenvalue weighted by Gasteiger charge is 2.37. The maximum Gasteiger partial charge on any atom is 0.235 e. The second kappa shape index (κ2) is 5.04. The van der Waals surface area contributed by atoms with E-state index in [1.54, 1.807) is 12.1 Å². The Morgan fingerprint density at radius 1 is 1.15 bits per heavy atom. The zero-order valence-electron chi connectivity index (χ0n) is 10.9. The van der Waals surface area contributed by atoms with Crippen LogP contribution in [0.5, 0.6) is 5.75 Å². The Labute approximate surface area is 125 Å². The van der Waals surface area contributed by atoms with Gasteiger partial charge in [-0.3, -0.25) is 0 Å². The first-order valence-corrected chi connectivity index (χ1v) is 7.46. The van der Waals surface area contributed by atoms with Crippen molar-refractivity contribution in [3.63, 3.8) is 0 Å². The third-order valence-corrected chi connectivity index (χ3v) is 4.60. The van der Waals surface area contributed by atoms with Crippen LogP contribution < -0.4 is 0 Å². The van der Waals surface area contributed by atoms with Crippen molar-refractivity contribution in [2.75, 3.05) is 0 Å². The van der Waals surface area contributed by atoms with Crippen molar-refractivity contribution in [1.29, 1.82) is 0 Å². The molecule has 2 aromatic rings. The van der Waals surface area contributed by atoms with Crippen molar-refractivity contribution >= 4 is 32.8 Å². The van der Waals surface area contributed by atoms with E-state index in [1.807, 2.05) is 24.3 Å². The minimum atomic E-state index is -0.595. The van der Waals surface area contributed by atoms with Gasteiger partial charge in [-0.1, -0.05) is 34.8 Å². The zero-order valence-corrected chi connectivity index (χ0v) is 12.5. The first kappa shape index (κ1) is 13.3. The molecule has 0 unspecified atom stereocenters. The van der Waals surface area contributed by atoms with Gasteiger partial charge in [0.1, 0.15) is 11.3 Å². The van der Waals surface area contributed by atoms with Gasteiger partial charge >= 0.3 is 0 Å². The number of nitrogens with zero attached hydrogens (tertiary/aromatic N) is 1. The second-order valence-electron chi connectivity index (χ2n) is 5.30. The number of halogens is 1. The number of hydrogen-bond acceptors (Lipinski definition) is 3. The lowest BCUT2D eigenvalue weighted by Gasteiger charge is -2.24. The predicted molar refractivity (Wildman–Crippen MR) is 81.6 cm³/mol. The van der Waals surface area contributed by atoms with E-state index in [-0.39, 0.29) is 5.75 Å². The molecule has 20 heavy (non-hydrogen) atoms. The van der Waals surface area contributed by atoms with Gasteiger partial charge in [-0.25, -0.2) is 4.79 Å². The summed E-state index contributed by atoms with van der Waals surface area (Å²) in [5, 5.41) is 12.3. The highest BCUT2D eigenvalue weighted by Crippen LogP contribution is 2.46. The summed E-state index contributed by atoms with van der Waals surface area (Å²) in [5.74, 6) is 0.209. The van der Waals surface area contributed by atoms with Crippen molar-refractivity contribution in [3.8, 4) is 5.75 Å². The van der Waals surface area contributed by atoms with Crippen LogP contribution in [0.15, 0.2) is 39.8 Å². The van der Waals surface area contributed by atoms with Crippen molar-refractivity contribution < 1.29 is 9.90 Å². The van der Waals surface area contributed by atoms with E-state index < -0.39 is 5.54 Å². The number of carbonyl (C=O) groups excluding carboxylic acids is 1. The Hall–Kier alpha value is -1.64. The molecule has 0 spiro atoms. The first-order chi connectivity index (χ1) is 9.64. The molecule has 0 bridgehead atoms. The van der Waals surface area contributed by atoms with Gasteiger partial charge in [-0.05, 0) is 47.9 Å². The zero-order chi connectivity index (χ0) is 14.2. The molecule has 1 saturated carbocycles. The lowest BCUT2D eigenvalue weighted by atomic mass is 9.86. The van der Waals surface area contributed by atoms with E-state index in [9.17, 15) is 9.90 Å². The number of phenolic OH excluding ortho intramolecular Hbond substituents is 1. The van der Waals surface area contributed by atoms with Crippen molar-refractivity contribution in [3.05, 3.63) is 40.4 Å². The van der Waals surface area contributed by atoms with Crippen molar-refractivity contribution in [2.24, 2.45) is 4.99 Å². The molecule has 3 nitrogen and oxygen atoms in total. The van der Waals surface area contributed by atoms with Crippen molar-refractivity contribution in [1.82, 2.24) is 0 Å². The van der Waals surface area contributed by atoms with E-state index in [2.05, 4.69) is 20.9 Å². The standard InChI is InChI=1S/C16H14BrNO2/c17-13-4-3-11-9-15(20)14(8-12(11)7-13)16(18-10-19)5-1-2-6-16/h3-4,7-9,20H,1-2,5-6H2. The van der Waals surface area contributed by atoms with E-state index in [0.717, 1.165) is 46.5 Å². The number of isocyanates is 1. The van der Waals surface area contributed by atoms with E-state index in [1.165, 1.54) is 0 Å². The van der Waals surface area contributed by atoms with E-state index >= 15 is 0 Å². The highest BCUT2D eigenvalue weighted by atomic mass is 79.9. The van der Waals surface area contributed by atoms with Crippen molar-refractivity contribution in [2.45, 2.75) is 31.2 Å². The largest absolute Gasteiger partial charge is 0.508 e. The molecule has 2 aromatic carbocycles. The Morgan fingerprint density at radius 3 is 2.60 bits per heavy atom. The smallest absolute Gasteiger partial charge is 0.235 e. The van der Waals surface area contributed by atoms with E-state index in [0.29, 0.717) is 0 Å². The van der Waals surface area contributed by atoms with Gasteiger partial charge in [0.2, 0.25) is 6.08 Å². The topological polar surface area (TPSA) is 49.7 Å². The van der Waals surface area contributed by atoms with Gasteiger partial charge in [0.15, 0.2) is 0 Å². The minimum absolute atomic E-state index is 0.209. The number of aromatic hydroxyl groups is 1. The summed E-state index contributed by atoms with van der Waals surface area (Å²) in [5.41, 5.74) is 0.145. The average Bonchev–Trinajstić information content (AvgIpc) is 2.88. The van der Waals surface area contributed by atoms with Crippen LogP contribution in [0.25, 0.3) is 10.8 Å². The molecular weight excluding hydrogens is 318 g/mol. The van der Waals surface area contributed by atoms with Crippen LogP contribution in [0.3, 0.4) is 0 Å². The SMILES string of the molecule is O=C=NC1(c2cc3cc(Br)ccc3cc2O)CCCC1. The fraction of sp³-hybridized carbons (Fsp3) is 0.312. The van der Waals surface area contributed by atoms with Gasteiger partial charge in [-0.2, -0.15) is 4.99 Å². The van der Waals surface area contributed by atoms with Crippen LogP contribution >= 0.6 is 15.9 Å². The van der Waals surface area contributed by atoms with Crippen LogP contribution in [-0.2, 0) is 10.3 Å². The van der Waals surface area contributed by atoms with Crippen LogP contribution in [0, 0.1) is 0 Å². The third kappa shape index (κ3) is 2.15. The molecule has 0 saturated heterocycles. The predicted octanol–water partition coefficient (Wildman–Crippen LogP) is 4.41. The molecule has 0 aliphatic heterocycles. The fourth-order valence-corrected chi connectivity index (χ4v) is 3.50. The number of rotatable bonds is 2. The molecule has 0 radical (unpaired) electrons. The fourth-order valence-electron chi connectivity index (χ4n) is 3.12. The minimum Gasteiger partial charge on any atom is -0.508 e. The molecule has 3 rings (SSSR count). The van der Waals surface area contributed by atoms with Crippen LogP contribution in [0.2, 0.25) is 0 Å². The Morgan fingerprint density at radius 2 is 1.90 bits per heavy atom. The number of phenols is 1. The van der Waals surface area contributed by atoms with Gasteiger partial charge in [0, 0.05) is 10.0 Å². The second-order valence-corrected chi connectivity index (χ2v) is 6.22. The summed E-state index contributed by atoms with van der Waals surface area (Å²) in [4.78, 5) is 14.8. The Bertz CT molecular complexity index is 714. The molecule has 0 amide bonds. The third-order valence-electron chi connectivity index (χ3n) is 4.11. The molecule has 0 atom stereocenters. The lowest BCUT2D eigenvalue weighted by molar-refractivity contribution is 0.409.